The van der Waals surface area contributed by atoms with Gasteiger partial charge in [0.1, 0.15) is 0 Å². The molecule has 70 valence electrons. The highest BCUT2D eigenvalue weighted by Crippen LogP contribution is 2.27. The van der Waals surface area contributed by atoms with E-state index in [1.165, 1.54) is 13.2 Å². The van der Waals surface area contributed by atoms with E-state index in [1.807, 2.05) is 0 Å². The Balaban J connectivity index is 2.88. The van der Waals surface area contributed by atoms with E-state index in [1.54, 1.807) is 0 Å². The molecule has 0 unspecified atom stereocenters. The van der Waals surface area contributed by atoms with Crippen LogP contribution in [-0.4, -0.2) is 23.3 Å². The number of hydrogen-bond donors (Lipinski definition) is 2. The Morgan fingerprint density at radius 2 is 2.23 bits per heavy atom. The molecule has 0 aromatic carbocycles. The van der Waals surface area contributed by atoms with Gasteiger partial charge in [-0.1, -0.05) is 6.58 Å². The first-order chi connectivity index (χ1) is 6.07. The molecule has 0 aromatic rings. The molecule has 0 bridgehead atoms. The summed E-state index contributed by atoms with van der Waals surface area (Å²) in [5.74, 6) is -1.12. The minimum Gasteiger partial charge on any atom is -0.504 e. The number of allylic oxidation sites excluding steroid dienone is 1. The first-order valence-electron chi connectivity index (χ1n) is 3.67. The van der Waals surface area contributed by atoms with Gasteiger partial charge >= 0.3 is 5.97 Å². The lowest BCUT2D eigenvalue weighted by Crippen LogP contribution is -2.06. The molecular formula is C9H10O4. The van der Waals surface area contributed by atoms with Gasteiger partial charge in [-0.05, 0) is 12.5 Å². The minimum atomic E-state index is -0.607. The van der Waals surface area contributed by atoms with E-state index in [9.17, 15) is 9.90 Å². The zero-order valence-electron chi connectivity index (χ0n) is 7.20. The molecule has 0 saturated heterocycles. The second-order valence-electron chi connectivity index (χ2n) is 2.59. The Hall–Kier alpha value is -1.71. The third-order valence-corrected chi connectivity index (χ3v) is 1.82. The smallest absolute Gasteiger partial charge is 0.337 e. The van der Waals surface area contributed by atoms with Crippen LogP contribution >= 0.6 is 0 Å². The van der Waals surface area contributed by atoms with Crippen molar-refractivity contribution in [3.05, 3.63) is 35.3 Å². The molecule has 0 heterocycles. The molecular weight excluding hydrogens is 172 g/mol. The summed E-state index contributed by atoms with van der Waals surface area (Å²) in [6, 6.07) is 0. The monoisotopic (exact) mass is 182 g/mol. The van der Waals surface area contributed by atoms with Gasteiger partial charge in [0.05, 0.1) is 12.7 Å². The number of methoxy groups -OCH3 is 1. The molecule has 1 rings (SSSR count). The summed E-state index contributed by atoms with van der Waals surface area (Å²) in [4.78, 5) is 11.0. The van der Waals surface area contributed by atoms with E-state index in [2.05, 4.69) is 11.3 Å². The van der Waals surface area contributed by atoms with Crippen molar-refractivity contribution in [2.45, 2.75) is 6.42 Å². The van der Waals surface area contributed by atoms with Crippen molar-refractivity contribution in [2.75, 3.05) is 7.11 Å². The second kappa shape index (κ2) is 3.35. The van der Waals surface area contributed by atoms with Crippen LogP contribution < -0.4 is 0 Å². The largest absolute Gasteiger partial charge is 0.504 e. The van der Waals surface area contributed by atoms with Gasteiger partial charge in [-0.2, -0.15) is 0 Å². The first-order valence-corrected chi connectivity index (χ1v) is 3.67. The molecule has 1 aliphatic rings. The zero-order chi connectivity index (χ0) is 10.0. The van der Waals surface area contributed by atoms with Gasteiger partial charge in [-0.25, -0.2) is 4.79 Å². The van der Waals surface area contributed by atoms with Gasteiger partial charge in [-0.15, -0.1) is 0 Å². The second-order valence-corrected chi connectivity index (χ2v) is 2.59. The van der Waals surface area contributed by atoms with Crippen molar-refractivity contribution < 1.29 is 19.7 Å². The molecule has 0 saturated carbocycles. The molecule has 0 aliphatic heterocycles. The molecule has 0 aromatic heterocycles. The molecule has 1 aliphatic carbocycles. The Kier molecular flexibility index (Phi) is 2.41. The van der Waals surface area contributed by atoms with E-state index >= 15 is 0 Å². The van der Waals surface area contributed by atoms with Crippen LogP contribution in [0.1, 0.15) is 6.42 Å². The quantitative estimate of drug-likeness (QED) is 0.500. The first kappa shape index (κ1) is 9.38. The van der Waals surface area contributed by atoms with Gasteiger partial charge in [0.25, 0.3) is 0 Å². The van der Waals surface area contributed by atoms with E-state index in [-0.39, 0.29) is 17.1 Å². The van der Waals surface area contributed by atoms with Crippen molar-refractivity contribution in [1.82, 2.24) is 0 Å². The van der Waals surface area contributed by atoms with E-state index < -0.39 is 5.97 Å². The topological polar surface area (TPSA) is 66.8 Å². The number of aliphatic hydroxyl groups is 2. The van der Waals surface area contributed by atoms with Gasteiger partial charge in [-0.3, -0.25) is 0 Å². The highest BCUT2D eigenvalue weighted by molar-refractivity contribution is 5.93. The normalized spacial score (nSPS) is 15.6. The van der Waals surface area contributed by atoms with Gasteiger partial charge in [0.15, 0.2) is 11.5 Å². The van der Waals surface area contributed by atoms with Crippen molar-refractivity contribution in [1.29, 1.82) is 0 Å². The van der Waals surface area contributed by atoms with Crippen molar-refractivity contribution in [2.24, 2.45) is 0 Å². The number of rotatable bonds is 2. The number of ether oxygens (including phenoxy) is 1. The molecule has 4 nitrogen and oxygen atoms in total. The van der Waals surface area contributed by atoms with Crippen LogP contribution in [0.2, 0.25) is 0 Å². The number of aliphatic hydroxyl groups excluding tert-OH is 2. The van der Waals surface area contributed by atoms with Crippen LogP contribution in [0.4, 0.5) is 0 Å². The highest BCUT2D eigenvalue weighted by Gasteiger charge is 2.22. The molecule has 4 heteroatoms. The lowest BCUT2D eigenvalue weighted by molar-refractivity contribution is -0.135. The fourth-order valence-corrected chi connectivity index (χ4v) is 1.06. The molecule has 0 fully saturated rings. The number of carbonyl (C=O) groups excluding carboxylic acids is 1. The average Bonchev–Trinajstić information content (AvgIpc) is 2.45. The maximum Gasteiger partial charge on any atom is 0.337 e. The summed E-state index contributed by atoms with van der Waals surface area (Å²) in [5.41, 5.74) is 0.379. The number of carbonyl (C=O) groups is 1. The van der Waals surface area contributed by atoms with Crippen molar-refractivity contribution >= 4 is 5.97 Å². The van der Waals surface area contributed by atoms with Crippen LogP contribution in [0, 0.1) is 0 Å². The van der Waals surface area contributed by atoms with E-state index in [0.29, 0.717) is 12.0 Å². The fourth-order valence-electron chi connectivity index (χ4n) is 1.06. The summed E-state index contributed by atoms with van der Waals surface area (Å²) >= 11 is 0. The Bertz CT molecular complexity index is 323. The average molecular weight is 182 g/mol. The van der Waals surface area contributed by atoms with Crippen molar-refractivity contribution in [3.63, 3.8) is 0 Å². The summed E-state index contributed by atoms with van der Waals surface area (Å²) in [6.45, 7) is 3.46. The summed E-state index contributed by atoms with van der Waals surface area (Å²) in [7, 11) is 1.23. The van der Waals surface area contributed by atoms with Crippen LogP contribution in [-0.2, 0) is 9.53 Å². The maximum absolute atomic E-state index is 11.0. The van der Waals surface area contributed by atoms with Gasteiger partial charge in [0.2, 0.25) is 0 Å². The van der Waals surface area contributed by atoms with Gasteiger partial charge in [0, 0.05) is 5.57 Å². The lowest BCUT2D eigenvalue weighted by atomic mass is 10.1. The van der Waals surface area contributed by atoms with E-state index in [0.717, 1.165) is 0 Å². The van der Waals surface area contributed by atoms with Crippen LogP contribution in [0.25, 0.3) is 0 Å². The Labute approximate surface area is 75.4 Å². The summed E-state index contributed by atoms with van der Waals surface area (Å²) in [6.07, 6.45) is 1.70. The van der Waals surface area contributed by atoms with Crippen LogP contribution in [0.5, 0.6) is 0 Å². The van der Waals surface area contributed by atoms with E-state index in [4.69, 9.17) is 5.11 Å². The number of esters is 1. The minimum absolute atomic E-state index is 0.0697. The predicted octanol–water partition coefficient (Wildman–Crippen LogP) is 1.37. The molecule has 0 spiro atoms. The zero-order valence-corrected chi connectivity index (χ0v) is 7.20. The maximum atomic E-state index is 11.0. The molecule has 2 N–H and O–H groups in total. The SMILES string of the molecule is C=C(C(=O)OC)C1=C(O)C(O)=CC1. The lowest BCUT2D eigenvalue weighted by Gasteiger charge is -2.04. The molecule has 13 heavy (non-hydrogen) atoms. The fraction of sp³-hybridized carbons (Fsp3) is 0.222. The third kappa shape index (κ3) is 1.56. The van der Waals surface area contributed by atoms with Gasteiger partial charge < -0.3 is 14.9 Å². The molecule has 0 radical (unpaired) electrons. The Morgan fingerprint density at radius 3 is 2.62 bits per heavy atom. The molecule has 0 amide bonds. The Morgan fingerprint density at radius 1 is 1.62 bits per heavy atom. The number of hydrogen-bond acceptors (Lipinski definition) is 4. The standard InChI is InChI=1S/C9H10O4/c1-5(9(12)13-2)6-3-4-7(10)8(6)11/h4,10-11H,1,3H2,2H3. The predicted molar refractivity (Wildman–Crippen MR) is 46.1 cm³/mol. The molecule has 0 atom stereocenters. The summed E-state index contributed by atoms with van der Waals surface area (Å²) < 4.78 is 4.42. The van der Waals surface area contributed by atoms with Crippen LogP contribution in [0.15, 0.2) is 35.3 Å². The third-order valence-electron chi connectivity index (χ3n) is 1.82. The van der Waals surface area contributed by atoms with Crippen molar-refractivity contribution in [3.8, 4) is 0 Å². The van der Waals surface area contributed by atoms with Crippen LogP contribution in [0.3, 0.4) is 0 Å². The summed E-state index contributed by atoms with van der Waals surface area (Å²) in [5, 5.41) is 18.3. The highest BCUT2D eigenvalue weighted by atomic mass is 16.5.